The van der Waals surface area contributed by atoms with Gasteiger partial charge in [0.05, 0.1) is 13.7 Å². The van der Waals surface area contributed by atoms with Gasteiger partial charge in [0, 0.05) is 6.04 Å². The lowest BCUT2D eigenvalue weighted by atomic mass is 10.0. The third-order valence-electron chi connectivity index (χ3n) is 5.40. The highest BCUT2D eigenvalue weighted by Gasteiger charge is 2.20. The van der Waals surface area contributed by atoms with Crippen LogP contribution in [0.25, 0.3) is 0 Å². The number of hydrogen-bond acceptors (Lipinski definition) is 3. The third-order valence-corrected chi connectivity index (χ3v) is 5.40. The number of ether oxygens (including phenoxy) is 2. The minimum absolute atomic E-state index is 0. The van der Waals surface area contributed by atoms with Crippen molar-refractivity contribution in [1.29, 1.82) is 0 Å². The number of para-hydroxylation sites is 1. The molecule has 0 saturated carbocycles. The quantitative estimate of drug-likeness (QED) is 0.591. The van der Waals surface area contributed by atoms with Crippen LogP contribution < -0.4 is 9.47 Å². The molecule has 1 fully saturated rings. The van der Waals surface area contributed by atoms with E-state index < -0.39 is 0 Å². The Bertz CT molecular complexity index is 692. The Kier molecular flexibility index (Phi) is 8.96. The monoisotopic (exact) mass is 389 g/mol. The van der Waals surface area contributed by atoms with Gasteiger partial charge >= 0.3 is 0 Å². The summed E-state index contributed by atoms with van der Waals surface area (Å²) in [6.45, 7) is 2.04. The summed E-state index contributed by atoms with van der Waals surface area (Å²) < 4.78 is 11.4. The first-order valence-corrected chi connectivity index (χ1v) is 9.80. The smallest absolute Gasteiger partial charge is 0.122 e. The van der Waals surface area contributed by atoms with Crippen molar-refractivity contribution in [1.82, 2.24) is 4.90 Å². The van der Waals surface area contributed by atoms with Crippen molar-refractivity contribution in [3.63, 3.8) is 0 Å². The van der Waals surface area contributed by atoms with E-state index in [1.54, 1.807) is 7.11 Å². The fourth-order valence-electron chi connectivity index (χ4n) is 3.81. The highest BCUT2D eigenvalue weighted by molar-refractivity contribution is 5.85. The zero-order valence-corrected chi connectivity index (χ0v) is 17.3. The maximum atomic E-state index is 6.14. The summed E-state index contributed by atoms with van der Waals surface area (Å²) in [7, 11) is 3.94. The number of hydrogen-bond donors (Lipinski definition) is 0. The molecular weight excluding hydrogens is 358 g/mol. The lowest BCUT2D eigenvalue weighted by molar-refractivity contribution is 0.232. The van der Waals surface area contributed by atoms with Crippen LogP contribution in [0.3, 0.4) is 0 Å². The molecule has 27 heavy (non-hydrogen) atoms. The van der Waals surface area contributed by atoms with Crippen LogP contribution in [0.2, 0.25) is 0 Å². The van der Waals surface area contributed by atoms with E-state index in [1.807, 2.05) is 6.07 Å². The Labute approximate surface area is 170 Å². The van der Waals surface area contributed by atoms with E-state index in [0.717, 1.165) is 43.8 Å². The van der Waals surface area contributed by atoms with E-state index in [-0.39, 0.29) is 12.4 Å². The first-order chi connectivity index (χ1) is 12.8. The predicted octanol–water partition coefficient (Wildman–Crippen LogP) is 5.16. The summed E-state index contributed by atoms with van der Waals surface area (Å²) in [5, 5.41) is 0. The van der Waals surface area contributed by atoms with E-state index in [0.29, 0.717) is 6.04 Å². The molecule has 0 aromatic heterocycles. The van der Waals surface area contributed by atoms with Crippen LogP contribution in [0.5, 0.6) is 11.5 Å². The molecule has 1 atom stereocenters. The van der Waals surface area contributed by atoms with Crippen molar-refractivity contribution < 1.29 is 9.47 Å². The van der Waals surface area contributed by atoms with Gasteiger partial charge < -0.3 is 14.4 Å². The van der Waals surface area contributed by atoms with Crippen molar-refractivity contribution in [2.24, 2.45) is 0 Å². The Morgan fingerprint density at radius 1 is 1.07 bits per heavy atom. The average Bonchev–Trinajstić information content (AvgIpc) is 3.08. The number of halogens is 1. The fraction of sp³-hybridized carbons (Fsp3) is 0.478. The molecule has 148 valence electrons. The van der Waals surface area contributed by atoms with Gasteiger partial charge in [-0.05, 0) is 81.4 Å². The molecule has 1 aliphatic rings. The van der Waals surface area contributed by atoms with E-state index in [1.165, 1.54) is 30.5 Å². The molecule has 1 unspecified atom stereocenters. The molecule has 1 aliphatic heterocycles. The van der Waals surface area contributed by atoms with Crippen molar-refractivity contribution >= 4 is 12.4 Å². The lowest BCUT2D eigenvalue weighted by Crippen LogP contribution is -2.26. The van der Waals surface area contributed by atoms with Gasteiger partial charge in [-0.2, -0.15) is 0 Å². The van der Waals surface area contributed by atoms with Crippen molar-refractivity contribution in [3.05, 3.63) is 59.7 Å². The molecule has 0 aliphatic carbocycles. The zero-order valence-electron chi connectivity index (χ0n) is 16.5. The first kappa shape index (κ1) is 21.6. The minimum Gasteiger partial charge on any atom is -0.497 e. The van der Waals surface area contributed by atoms with Crippen LogP contribution in [0.4, 0.5) is 0 Å². The Balaban J connectivity index is 0.00000261. The molecule has 0 spiro atoms. The Hall–Kier alpha value is -1.71. The molecule has 0 bridgehead atoms. The SMILES string of the molecule is COc1cccc(CCCc2ccccc2OCCC2CCCN2C)c1.Cl. The van der Waals surface area contributed by atoms with Crippen LogP contribution in [0, 0.1) is 0 Å². The topological polar surface area (TPSA) is 21.7 Å². The second-order valence-electron chi connectivity index (χ2n) is 7.23. The third kappa shape index (κ3) is 6.44. The standard InChI is InChI=1S/C23H31NO2.ClH/c1-24-16-7-12-21(24)15-17-26-23-14-4-3-10-20(23)11-5-8-19-9-6-13-22(18-19)25-2;/h3-4,6,9-10,13-14,18,21H,5,7-8,11-12,15-17H2,1-2H3;1H. The van der Waals surface area contributed by atoms with Gasteiger partial charge in [-0.15, -0.1) is 12.4 Å². The van der Waals surface area contributed by atoms with Crippen LogP contribution >= 0.6 is 12.4 Å². The van der Waals surface area contributed by atoms with Gasteiger partial charge in [-0.3, -0.25) is 0 Å². The molecule has 2 aromatic carbocycles. The number of methoxy groups -OCH3 is 1. The molecule has 4 heteroatoms. The second kappa shape index (κ2) is 11.2. The Morgan fingerprint density at radius 2 is 1.93 bits per heavy atom. The lowest BCUT2D eigenvalue weighted by Gasteiger charge is -2.20. The predicted molar refractivity (Wildman–Crippen MR) is 114 cm³/mol. The Morgan fingerprint density at radius 3 is 2.70 bits per heavy atom. The number of aryl methyl sites for hydroxylation is 2. The van der Waals surface area contributed by atoms with Crippen molar-refractivity contribution in [2.75, 3.05) is 27.3 Å². The second-order valence-corrected chi connectivity index (χ2v) is 7.23. The summed E-state index contributed by atoms with van der Waals surface area (Å²) in [5.41, 5.74) is 2.64. The number of benzene rings is 2. The van der Waals surface area contributed by atoms with Gasteiger partial charge in [0.1, 0.15) is 11.5 Å². The summed E-state index contributed by atoms with van der Waals surface area (Å²) >= 11 is 0. The molecule has 3 rings (SSSR count). The molecule has 3 nitrogen and oxygen atoms in total. The molecule has 2 aromatic rings. The van der Waals surface area contributed by atoms with Crippen LogP contribution in [0.15, 0.2) is 48.5 Å². The maximum Gasteiger partial charge on any atom is 0.122 e. The summed E-state index contributed by atoms with van der Waals surface area (Å²) in [5.74, 6) is 1.99. The molecule has 1 saturated heterocycles. The van der Waals surface area contributed by atoms with Gasteiger partial charge in [-0.25, -0.2) is 0 Å². The van der Waals surface area contributed by atoms with Crippen LogP contribution in [-0.2, 0) is 12.8 Å². The fourth-order valence-corrected chi connectivity index (χ4v) is 3.81. The normalized spacial score (nSPS) is 16.7. The highest BCUT2D eigenvalue weighted by Crippen LogP contribution is 2.23. The maximum absolute atomic E-state index is 6.14. The number of nitrogens with zero attached hydrogens (tertiary/aromatic N) is 1. The highest BCUT2D eigenvalue weighted by atomic mass is 35.5. The average molecular weight is 390 g/mol. The van der Waals surface area contributed by atoms with E-state index in [4.69, 9.17) is 9.47 Å². The van der Waals surface area contributed by atoms with Gasteiger partial charge in [0.2, 0.25) is 0 Å². The van der Waals surface area contributed by atoms with Crippen LogP contribution in [0.1, 0.15) is 36.8 Å². The van der Waals surface area contributed by atoms with E-state index in [9.17, 15) is 0 Å². The van der Waals surface area contributed by atoms with Gasteiger partial charge in [0.15, 0.2) is 0 Å². The number of rotatable bonds is 9. The molecule has 1 heterocycles. The first-order valence-electron chi connectivity index (χ1n) is 9.80. The largest absolute Gasteiger partial charge is 0.497 e. The number of likely N-dealkylation sites (tertiary alicyclic amines) is 1. The summed E-state index contributed by atoms with van der Waals surface area (Å²) in [4.78, 5) is 2.46. The molecule has 0 radical (unpaired) electrons. The summed E-state index contributed by atoms with van der Waals surface area (Å²) in [6, 6.07) is 17.5. The van der Waals surface area contributed by atoms with Crippen LogP contribution in [-0.4, -0.2) is 38.3 Å². The van der Waals surface area contributed by atoms with E-state index in [2.05, 4.69) is 54.4 Å². The van der Waals surface area contributed by atoms with Gasteiger partial charge in [0.25, 0.3) is 0 Å². The molecule has 0 N–H and O–H groups in total. The minimum atomic E-state index is 0. The van der Waals surface area contributed by atoms with Crippen molar-refractivity contribution in [2.45, 2.75) is 44.6 Å². The van der Waals surface area contributed by atoms with Crippen molar-refractivity contribution in [3.8, 4) is 11.5 Å². The van der Waals surface area contributed by atoms with Gasteiger partial charge in [-0.1, -0.05) is 30.3 Å². The summed E-state index contributed by atoms with van der Waals surface area (Å²) in [6.07, 6.45) is 6.95. The molecule has 0 amide bonds. The zero-order chi connectivity index (χ0) is 18.2. The van der Waals surface area contributed by atoms with E-state index >= 15 is 0 Å². The molecular formula is C23H32ClNO2.